The van der Waals surface area contributed by atoms with Crippen molar-refractivity contribution in [3.8, 4) is 0 Å². The lowest BCUT2D eigenvalue weighted by Crippen LogP contribution is -2.27. The molecule has 2 rings (SSSR count). The van der Waals surface area contributed by atoms with Gasteiger partial charge in [0.15, 0.2) is 5.78 Å². The lowest BCUT2D eigenvalue weighted by atomic mass is 9.75. The normalized spacial score (nSPS) is 25.4. The molecule has 3 heteroatoms. The van der Waals surface area contributed by atoms with Gasteiger partial charge in [0.05, 0.1) is 0 Å². The molecule has 114 valence electrons. The standard InChI is InChI=1S/C18H24O3/c1-5-6-13-11-14(9-10-18(13,3)4)21-17(20)15-7-8-16(19)12(15)2/h5-6,11,14H,7-10H2,1-4H3/b6-5+. The van der Waals surface area contributed by atoms with Crippen molar-refractivity contribution < 1.29 is 14.3 Å². The number of allylic oxidation sites excluding steroid dienone is 4. The summed E-state index contributed by atoms with van der Waals surface area (Å²) in [6.45, 7) is 8.13. The fourth-order valence-electron chi connectivity index (χ4n) is 2.96. The molecule has 1 atom stereocenters. The van der Waals surface area contributed by atoms with Crippen LogP contribution >= 0.6 is 0 Å². The van der Waals surface area contributed by atoms with E-state index >= 15 is 0 Å². The first-order valence-electron chi connectivity index (χ1n) is 7.64. The van der Waals surface area contributed by atoms with Gasteiger partial charge < -0.3 is 4.74 Å². The molecule has 2 aliphatic rings. The summed E-state index contributed by atoms with van der Waals surface area (Å²) < 4.78 is 5.60. The zero-order valence-electron chi connectivity index (χ0n) is 13.4. The Morgan fingerprint density at radius 3 is 2.67 bits per heavy atom. The maximum absolute atomic E-state index is 12.2. The van der Waals surface area contributed by atoms with Crippen LogP contribution < -0.4 is 0 Å². The average molecular weight is 288 g/mol. The molecule has 0 spiro atoms. The fourth-order valence-corrected chi connectivity index (χ4v) is 2.96. The largest absolute Gasteiger partial charge is 0.455 e. The van der Waals surface area contributed by atoms with E-state index in [1.54, 1.807) is 6.92 Å². The summed E-state index contributed by atoms with van der Waals surface area (Å²) in [5, 5.41) is 0. The molecule has 21 heavy (non-hydrogen) atoms. The van der Waals surface area contributed by atoms with E-state index in [2.05, 4.69) is 19.9 Å². The Bertz CT molecular complexity index is 547. The predicted octanol–water partition coefficient (Wildman–Crippen LogP) is 3.90. The van der Waals surface area contributed by atoms with E-state index in [9.17, 15) is 9.59 Å². The van der Waals surface area contributed by atoms with E-state index in [1.165, 1.54) is 5.57 Å². The van der Waals surface area contributed by atoms with Crippen molar-refractivity contribution in [2.45, 2.75) is 59.5 Å². The van der Waals surface area contributed by atoms with E-state index in [0.29, 0.717) is 24.0 Å². The van der Waals surface area contributed by atoms with Crippen LogP contribution in [0.5, 0.6) is 0 Å². The molecule has 0 N–H and O–H groups in total. The number of ether oxygens (including phenoxy) is 1. The molecule has 0 bridgehead atoms. The van der Waals surface area contributed by atoms with Crippen LogP contribution in [-0.4, -0.2) is 17.9 Å². The first kappa shape index (κ1) is 15.7. The van der Waals surface area contributed by atoms with Crippen LogP contribution in [0.2, 0.25) is 0 Å². The molecule has 0 saturated heterocycles. The lowest BCUT2D eigenvalue weighted by molar-refractivity contribution is -0.143. The first-order chi connectivity index (χ1) is 9.85. The second-order valence-corrected chi connectivity index (χ2v) is 6.52. The molecule has 0 aliphatic heterocycles. The van der Waals surface area contributed by atoms with Gasteiger partial charge in [-0.3, -0.25) is 4.79 Å². The van der Waals surface area contributed by atoms with Crippen LogP contribution in [-0.2, 0) is 14.3 Å². The minimum absolute atomic E-state index is 0.0666. The molecule has 1 unspecified atom stereocenters. The van der Waals surface area contributed by atoms with Gasteiger partial charge >= 0.3 is 5.97 Å². The molecule has 0 radical (unpaired) electrons. The van der Waals surface area contributed by atoms with Gasteiger partial charge in [-0.15, -0.1) is 0 Å². The molecule has 0 aromatic rings. The van der Waals surface area contributed by atoms with Crippen LogP contribution in [0, 0.1) is 5.41 Å². The summed E-state index contributed by atoms with van der Waals surface area (Å²) >= 11 is 0. The minimum atomic E-state index is -0.320. The molecule has 0 heterocycles. The molecule has 0 saturated carbocycles. The van der Waals surface area contributed by atoms with E-state index in [-0.39, 0.29) is 23.3 Å². The quantitative estimate of drug-likeness (QED) is 0.740. The number of Topliss-reactive ketones (excluding diaryl/α,β-unsaturated/α-hetero) is 1. The summed E-state index contributed by atoms with van der Waals surface area (Å²) in [7, 11) is 0. The summed E-state index contributed by atoms with van der Waals surface area (Å²) in [6, 6.07) is 0. The van der Waals surface area contributed by atoms with E-state index < -0.39 is 0 Å². The zero-order chi connectivity index (χ0) is 15.6. The number of esters is 1. The van der Waals surface area contributed by atoms with Gasteiger partial charge in [0, 0.05) is 17.6 Å². The third-order valence-electron chi connectivity index (χ3n) is 4.52. The maximum atomic E-state index is 12.2. The van der Waals surface area contributed by atoms with Crippen molar-refractivity contribution in [1.82, 2.24) is 0 Å². The molecule has 0 amide bonds. The second kappa shape index (κ2) is 6.00. The fraction of sp³-hybridized carbons (Fsp3) is 0.556. The molecule has 2 aliphatic carbocycles. The van der Waals surface area contributed by atoms with Crippen LogP contribution in [0.1, 0.15) is 53.4 Å². The number of hydrogen-bond donors (Lipinski definition) is 0. The van der Waals surface area contributed by atoms with Gasteiger partial charge in [-0.2, -0.15) is 0 Å². The van der Waals surface area contributed by atoms with Crippen molar-refractivity contribution in [3.63, 3.8) is 0 Å². The molecule has 0 aromatic heterocycles. The monoisotopic (exact) mass is 288 g/mol. The van der Waals surface area contributed by atoms with Gasteiger partial charge in [0.25, 0.3) is 0 Å². The number of ketones is 1. The van der Waals surface area contributed by atoms with Crippen LogP contribution in [0.3, 0.4) is 0 Å². The molecular formula is C18H24O3. The highest BCUT2D eigenvalue weighted by atomic mass is 16.5. The second-order valence-electron chi connectivity index (χ2n) is 6.52. The SMILES string of the molecule is C/C=C/C1=CC(OC(=O)C2=C(C)C(=O)CC2)CCC1(C)C. The van der Waals surface area contributed by atoms with Crippen LogP contribution in [0.15, 0.2) is 34.9 Å². The van der Waals surface area contributed by atoms with Gasteiger partial charge in [0.1, 0.15) is 6.10 Å². The lowest BCUT2D eigenvalue weighted by Gasteiger charge is -2.33. The molecule has 3 nitrogen and oxygen atoms in total. The van der Waals surface area contributed by atoms with E-state index in [1.807, 2.05) is 19.1 Å². The number of carbonyl (C=O) groups excluding carboxylic acids is 2. The molecular weight excluding hydrogens is 264 g/mol. The van der Waals surface area contributed by atoms with Gasteiger partial charge in [-0.25, -0.2) is 4.79 Å². The smallest absolute Gasteiger partial charge is 0.335 e. The Labute approximate surface area is 126 Å². The Morgan fingerprint density at radius 2 is 2.10 bits per heavy atom. The first-order valence-corrected chi connectivity index (χ1v) is 7.64. The topological polar surface area (TPSA) is 43.4 Å². The average Bonchev–Trinajstić information content (AvgIpc) is 2.74. The maximum Gasteiger partial charge on any atom is 0.335 e. The Morgan fingerprint density at radius 1 is 1.38 bits per heavy atom. The third-order valence-corrected chi connectivity index (χ3v) is 4.52. The van der Waals surface area contributed by atoms with Crippen molar-refractivity contribution in [3.05, 3.63) is 34.9 Å². The molecule has 0 aromatic carbocycles. The highest BCUT2D eigenvalue weighted by Gasteiger charge is 2.31. The van der Waals surface area contributed by atoms with Gasteiger partial charge in [-0.05, 0) is 50.2 Å². The number of carbonyl (C=O) groups is 2. The van der Waals surface area contributed by atoms with Gasteiger partial charge in [-0.1, -0.05) is 26.0 Å². The van der Waals surface area contributed by atoms with Crippen molar-refractivity contribution in [2.75, 3.05) is 0 Å². The Balaban J connectivity index is 2.12. The Kier molecular flexibility index (Phi) is 4.50. The van der Waals surface area contributed by atoms with Crippen molar-refractivity contribution in [2.24, 2.45) is 5.41 Å². The summed E-state index contributed by atoms with van der Waals surface area (Å²) in [6.07, 6.45) is 8.74. The Hall–Kier alpha value is -1.64. The summed E-state index contributed by atoms with van der Waals surface area (Å²) in [4.78, 5) is 23.7. The summed E-state index contributed by atoms with van der Waals surface area (Å²) in [5.41, 5.74) is 2.47. The highest BCUT2D eigenvalue weighted by Crippen LogP contribution is 2.38. The van der Waals surface area contributed by atoms with Crippen molar-refractivity contribution >= 4 is 11.8 Å². The third kappa shape index (κ3) is 3.34. The predicted molar refractivity (Wildman–Crippen MR) is 82.7 cm³/mol. The number of rotatable bonds is 3. The van der Waals surface area contributed by atoms with Crippen LogP contribution in [0.4, 0.5) is 0 Å². The number of hydrogen-bond acceptors (Lipinski definition) is 3. The minimum Gasteiger partial charge on any atom is -0.455 e. The zero-order valence-corrected chi connectivity index (χ0v) is 13.4. The highest BCUT2D eigenvalue weighted by molar-refractivity contribution is 6.07. The van der Waals surface area contributed by atoms with E-state index in [4.69, 9.17) is 4.74 Å². The molecule has 0 fully saturated rings. The summed E-state index contributed by atoms with van der Waals surface area (Å²) in [5.74, 6) is -0.254. The van der Waals surface area contributed by atoms with Gasteiger partial charge in [0.2, 0.25) is 0 Å². The van der Waals surface area contributed by atoms with Crippen molar-refractivity contribution in [1.29, 1.82) is 0 Å². The van der Waals surface area contributed by atoms with Crippen LogP contribution in [0.25, 0.3) is 0 Å². The van der Waals surface area contributed by atoms with E-state index in [0.717, 1.165) is 12.8 Å².